The van der Waals surface area contributed by atoms with Gasteiger partial charge in [0.15, 0.2) is 11.5 Å². The van der Waals surface area contributed by atoms with Crippen molar-refractivity contribution in [1.82, 2.24) is 4.90 Å². The average molecular weight is 337 g/mol. The Labute approximate surface area is 130 Å². The molecule has 1 aliphatic rings. The minimum Gasteiger partial charge on any atom is -0.493 e. The standard InChI is InChI=1S/C14H15F4NO2S/c1-20-11-6-8(13(22)19-4-3-9(15)7-19)5-10(12(11)21-2)14(16,17)18/h5-6,9H,3-4,7H2,1-2H3/t9-/m1/s1. The molecule has 0 amide bonds. The Morgan fingerprint density at radius 3 is 2.41 bits per heavy atom. The third-order valence-corrected chi connectivity index (χ3v) is 3.94. The maximum atomic E-state index is 13.3. The lowest BCUT2D eigenvalue weighted by molar-refractivity contribution is -0.138. The zero-order valence-electron chi connectivity index (χ0n) is 12.0. The van der Waals surface area contributed by atoms with Crippen LogP contribution in [0.3, 0.4) is 0 Å². The average Bonchev–Trinajstić information content (AvgIpc) is 2.90. The van der Waals surface area contributed by atoms with E-state index in [1.165, 1.54) is 13.2 Å². The molecule has 0 bridgehead atoms. The molecule has 1 aromatic carbocycles. The number of ether oxygens (including phenoxy) is 2. The summed E-state index contributed by atoms with van der Waals surface area (Å²) in [6.07, 6.45) is -5.31. The van der Waals surface area contributed by atoms with Gasteiger partial charge in [-0.1, -0.05) is 12.2 Å². The van der Waals surface area contributed by atoms with E-state index in [1.807, 2.05) is 0 Å². The van der Waals surface area contributed by atoms with Gasteiger partial charge in [-0.3, -0.25) is 0 Å². The number of nitrogens with zero attached hydrogens (tertiary/aromatic N) is 1. The summed E-state index contributed by atoms with van der Waals surface area (Å²) < 4.78 is 62.6. The van der Waals surface area contributed by atoms with Crippen molar-refractivity contribution in [3.8, 4) is 11.5 Å². The molecule has 1 saturated heterocycles. The predicted molar refractivity (Wildman–Crippen MR) is 77.3 cm³/mol. The Morgan fingerprint density at radius 2 is 1.95 bits per heavy atom. The molecule has 0 spiro atoms. The zero-order chi connectivity index (χ0) is 16.5. The van der Waals surface area contributed by atoms with Crippen molar-refractivity contribution >= 4 is 17.2 Å². The van der Waals surface area contributed by atoms with Crippen LogP contribution in [-0.2, 0) is 6.18 Å². The number of thiocarbonyl (C=S) groups is 1. The smallest absolute Gasteiger partial charge is 0.420 e. The number of hydrogen-bond donors (Lipinski definition) is 0. The van der Waals surface area contributed by atoms with Crippen molar-refractivity contribution in [2.45, 2.75) is 18.8 Å². The highest BCUT2D eigenvalue weighted by molar-refractivity contribution is 7.80. The van der Waals surface area contributed by atoms with Crippen LogP contribution in [-0.4, -0.2) is 43.4 Å². The van der Waals surface area contributed by atoms with Crippen LogP contribution in [0.15, 0.2) is 12.1 Å². The van der Waals surface area contributed by atoms with Crippen molar-refractivity contribution < 1.29 is 27.0 Å². The summed E-state index contributed by atoms with van der Waals surface area (Å²) in [5.41, 5.74) is -0.809. The fourth-order valence-electron chi connectivity index (χ4n) is 2.38. The largest absolute Gasteiger partial charge is 0.493 e. The monoisotopic (exact) mass is 337 g/mol. The number of rotatable bonds is 3. The first-order chi connectivity index (χ1) is 10.3. The van der Waals surface area contributed by atoms with E-state index in [9.17, 15) is 17.6 Å². The van der Waals surface area contributed by atoms with Gasteiger partial charge in [0.05, 0.1) is 20.8 Å². The Hall–Kier alpha value is -1.57. The van der Waals surface area contributed by atoms with E-state index in [0.717, 1.165) is 13.2 Å². The predicted octanol–water partition coefficient (Wildman–Crippen LogP) is 3.44. The van der Waals surface area contributed by atoms with Crippen molar-refractivity contribution in [3.63, 3.8) is 0 Å². The van der Waals surface area contributed by atoms with Crippen molar-refractivity contribution in [2.75, 3.05) is 27.3 Å². The summed E-state index contributed by atoms with van der Waals surface area (Å²) in [4.78, 5) is 1.73. The van der Waals surface area contributed by atoms with Crippen LogP contribution in [0.2, 0.25) is 0 Å². The zero-order valence-corrected chi connectivity index (χ0v) is 12.9. The molecule has 0 radical (unpaired) electrons. The molecular formula is C14H15F4NO2S. The molecule has 1 fully saturated rings. The molecule has 2 rings (SSSR count). The molecule has 22 heavy (non-hydrogen) atoms. The minimum absolute atomic E-state index is 0.0642. The van der Waals surface area contributed by atoms with Gasteiger partial charge in [0, 0.05) is 12.1 Å². The molecule has 122 valence electrons. The molecule has 8 heteroatoms. The van der Waals surface area contributed by atoms with E-state index in [1.54, 1.807) is 4.90 Å². The van der Waals surface area contributed by atoms with Crippen LogP contribution in [0.25, 0.3) is 0 Å². The van der Waals surface area contributed by atoms with Gasteiger partial charge in [0.1, 0.15) is 16.7 Å². The Morgan fingerprint density at radius 1 is 1.27 bits per heavy atom. The lowest BCUT2D eigenvalue weighted by Crippen LogP contribution is -2.28. The van der Waals surface area contributed by atoms with E-state index in [0.29, 0.717) is 13.0 Å². The van der Waals surface area contributed by atoms with Gasteiger partial charge in [-0.2, -0.15) is 13.2 Å². The van der Waals surface area contributed by atoms with E-state index >= 15 is 0 Å². The summed E-state index contributed by atoms with van der Waals surface area (Å²) >= 11 is 5.20. The van der Waals surface area contributed by atoms with Gasteiger partial charge in [0.25, 0.3) is 0 Å². The van der Waals surface area contributed by atoms with Gasteiger partial charge in [-0.25, -0.2) is 4.39 Å². The Kier molecular flexibility index (Phi) is 4.79. The molecule has 1 aliphatic heterocycles. The van der Waals surface area contributed by atoms with Crippen molar-refractivity contribution in [1.29, 1.82) is 0 Å². The van der Waals surface area contributed by atoms with Crippen LogP contribution < -0.4 is 9.47 Å². The lowest BCUT2D eigenvalue weighted by atomic mass is 10.1. The molecule has 0 aliphatic carbocycles. The summed E-state index contributed by atoms with van der Waals surface area (Å²) in [6, 6.07) is 2.29. The number of halogens is 4. The molecule has 0 aromatic heterocycles. The summed E-state index contributed by atoms with van der Waals surface area (Å²) in [6.45, 7) is 0.476. The molecule has 1 aromatic rings. The highest BCUT2D eigenvalue weighted by atomic mass is 32.1. The first kappa shape index (κ1) is 16.8. The second-order valence-electron chi connectivity index (χ2n) is 4.89. The first-order valence-electron chi connectivity index (χ1n) is 6.54. The maximum Gasteiger partial charge on any atom is 0.420 e. The molecule has 1 heterocycles. The number of hydrogen-bond acceptors (Lipinski definition) is 3. The number of methoxy groups -OCH3 is 2. The van der Waals surface area contributed by atoms with Crippen molar-refractivity contribution in [2.24, 2.45) is 0 Å². The minimum atomic E-state index is -4.61. The van der Waals surface area contributed by atoms with E-state index in [4.69, 9.17) is 21.7 Å². The number of alkyl halides is 4. The SMILES string of the molecule is COc1cc(C(=S)N2CC[C@@H](F)C2)cc(C(F)(F)F)c1OC. The van der Waals surface area contributed by atoms with Gasteiger partial charge in [-0.15, -0.1) is 0 Å². The molecule has 0 saturated carbocycles. The first-order valence-corrected chi connectivity index (χ1v) is 6.95. The van der Waals surface area contributed by atoms with Gasteiger partial charge in [0.2, 0.25) is 0 Å². The third kappa shape index (κ3) is 3.26. The van der Waals surface area contributed by atoms with Crippen LogP contribution in [0, 0.1) is 0 Å². The molecule has 0 N–H and O–H groups in total. The topological polar surface area (TPSA) is 21.7 Å². The summed E-state index contributed by atoms with van der Waals surface area (Å²) in [7, 11) is 2.39. The Balaban J connectivity index is 2.46. The van der Waals surface area contributed by atoms with Gasteiger partial charge >= 0.3 is 6.18 Å². The quantitative estimate of drug-likeness (QED) is 0.622. The number of likely N-dealkylation sites (tertiary alicyclic amines) is 1. The second-order valence-corrected chi connectivity index (χ2v) is 5.28. The Bertz CT molecular complexity index is 577. The van der Waals surface area contributed by atoms with Crippen molar-refractivity contribution in [3.05, 3.63) is 23.3 Å². The lowest BCUT2D eigenvalue weighted by Gasteiger charge is -2.21. The molecular weight excluding hydrogens is 322 g/mol. The molecule has 1 atom stereocenters. The second kappa shape index (κ2) is 6.28. The fourth-order valence-corrected chi connectivity index (χ4v) is 2.67. The fraction of sp³-hybridized carbons (Fsp3) is 0.500. The van der Waals surface area contributed by atoms with E-state index < -0.39 is 23.7 Å². The highest BCUT2D eigenvalue weighted by Gasteiger charge is 2.37. The van der Waals surface area contributed by atoms with E-state index in [-0.39, 0.29) is 22.8 Å². The molecule has 3 nitrogen and oxygen atoms in total. The van der Waals surface area contributed by atoms with Crippen LogP contribution in [0.4, 0.5) is 17.6 Å². The van der Waals surface area contributed by atoms with Crippen LogP contribution in [0.5, 0.6) is 11.5 Å². The normalized spacial score (nSPS) is 18.5. The molecule has 0 unspecified atom stereocenters. The van der Waals surface area contributed by atoms with Gasteiger partial charge < -0.3 is 14.4 Å². The summed E-state index contributed by atoms with van der Waals surface area (Å²) in [5.74, 6) is -0.461. The third-order valence-electron chi connectivity index (χ3n) is 3.45. The van der Waals surface area contributed by atoms with Crippen LogP contribution >= 0.6 is 12.2 Å². The van der Waals surface area contributed by atoms with Gasteiger partial charge in [-0.05, 0) is 18.6 Å². The maximum absolute atomic E-state index is 13.3. The highest BCUT2D eigenvalue weighted by Crippen LogP contribution is 2.42. The number of benzene rings is 1. The van der Waals surface area contributed by atoms with E-state index in [2.05, 4.69) is 0 Å². The summed E-state index contributed by atoms with van der Waals surface area (Å²) in [5, 5.41) is 0. The van der Waals surface area contributed by atoms with Crippen LogP contribution in [0.1, 0.15) is 17.5 Å².